The number of thiophene rings is 1. The maximum Gasteiger partial charge on any atom is 0.242 e. The molecule has 0 amide bonds. The van der Waals surface area contributed by atoms with Crippen molar-refractivity contribution in [3.8, 4) is 0 Å². The molecular weight excluding hydrogens is 362 g/mol. The van der Waals surface area contributed by atoms with E-state index in [4.69, 9.17) is 5.11 Å². The molecule has 20 heavy (non-hydrogen) atoms. The van der Waals surface area contributed by atoms with Crippen molar-refractivity contribution in [2.24, 2.45) is 16.7 Å². The van der Waals surface area contributed by atoms with Crippen molar-refractivity contribution >= 4 is 37.3 Å². The monoisotopic (exact) mass is 381 g/mol. The van der Waals surface area contributed by atoms with Crippen LogP contribution in [0.3, 0.4) is 0 Å². The molecular formula is C13H20BrNO3S2. The van der Waals surface area contributed by atoms with Gasteiger partial charge in [-0.1, -0.05) is 27.7 Å². The maximum atomic E-state index is 12.3. The zero-order valence-corrected chi connectivity index (χ0v) is 15.2. The van der Waals surface area contributed by atoms with Crippen LogP contribution in [0, 0.1) is 16.7 Å². The normalized spacial score (nSPS) is 21.1. The summed E-state index contributed by atoms with van der Waals surface area (Å²) in [6.07, 6.45) is 0. The van der Waals surface area contributed by atoms with Gasteiger partial charge in [-0.15, -0.1) is 11.3 Å². The fraction of sp³-hybridized carbons (Fsp3) is 0.692. The van der Waals surface area contributed by atoms with Crippen LogP contribution in [0.1, 0.15) is 32.6 Å². The second-order valence-electron chi connectivity index (χ2n) is 6.36. The summed E-state index contributed by atoms with van der Waals surface area (Å²) >= 11 is 4.49. The van der Waals surface area contributed by atoms with E-state index in [0.717, 1.165) is 0 Å². The molecule has 0 spiro atoms. The second-order valence-corrected chi connectivity index (χ2v) is 10.5. The molecule has 7 heteroatoms. The zero-order valence-electron chi connectivity index (χ0n) is 12.0. The van der Waals surface area contributed by atoms with Crippen LogP contribution in [0.2, 0.25) is 0 Å². The van der Waals surface area contributed by atoms with E-state index in [9.17, 15) is 8.42 Å². The van der Waals surface area contributed by atoms with Gasteiger partial charge in [0.2, 0.25) is 10.0 Å². The highest BCUT2D eigenvalue weighted by atomic mass is 79.9. The van der Waals surface area contributed by atoms with Crippen molar-refractivity contribution in [3.05, 3.63) is 14.7 Å². The van der Waals surface area contributed by atoms with Crippen LogP contribution in [0.15, 0.2) is 14.7 Å². The van der Waals surface area contributed by atoms with Gasteiger partial charge in [0.15, 0.2) is 0 Å². The van der Waals surface area contributed by atoms with Gasteiger partial charge in [0, 0.05) is 11.4 Å². The van der Waals surface area contributed by atoms with E-state index in [1.807, 2.05) is 0 Å². The molecule has 0 bridgehead atoms. The summed E-state index contributed by atoms with van der Waals surface area (Å²) in [7, 11) is -3.53. The maximum absolute atomic E-state index is 12.3. The Balaban J connectivity index is 2.11. The lowest BCUT2D eigenvalue weighted by atomic mass is 10.0. The minimum Gasteiger partial charge on any atom is -0.391 e. The number of rotatable bonds is 5. The highest BCUT2D eigenvalue weighted by Gasteiger charge is 2.64. The van der Waals surface area contributed by atoms with Crippen LogP contribution in [-0.2, 0) is 16.6 Å². The van der Waals surface area contributed by atoms with Crippen LogP contribution >= 0.6 is 27.3 Å². The first-order chi connectivity index (χ1) is 9.04. The van der Waals surface area contributed by atoms with Crippen LogP contribution in [0.25, 0.3) is 0 Å². The summed E-state index contributed by atoms with van der Waals surface area (Å²) in [6, 6.07) is 1.51. The molecule has 2 N–H and O–H groups in total. The van der Waals surface area contributed by atoms with Gasteiger partial charge in [-0.2, -0.15) is 0 Å². The van der Waals surface area contributed by atoms with Gasteiger partial charge in [0.25, 0.3) is 0 Å². The number of sulfonamides is 1. The Morgan fingerprint density at radius 3 is 2.30 bits per heavy atom. The predicted octanol–water partition coefficient (Wildman–Crippen LogP) is 2.96. The summed E-state index contributed by atoms with van der Waals surface area (Å²) in [6.45, 7) is 8.94. The first kappa shape index (κ1) is 16.4. The van der Waals surface area contributed by atoms with Gasteiger partial charge in [-0.25, -0.2) is 13.1 Å². The molecule has 1 aromatic rings. The second kappa shape index (κ2) is 5.05. The summed E-state index contributed by atoms with van der Waals surface area (Å²) in [5.74, 6) is 0.333. The van der Waals surface area contributed by atoms with E-state index < -0.39 is 10.0 Å². The minimum absolute atomic E-state index is 0.150. The van der Waals surface area contributed by atoms with E-state index >= 15 is 0 Å². The predicted molar refractivity (Wildman–Crippen MR) is 84.2 cm³/mol. The average Bonchev–Trinajstić information content (AvgIpc) is 2.64. The summed E-state index contributed by atoms with van der Waals surface area (Å²) in [5.41, 5.74) is 0.301. The molecule has 1 aliphatic rings. The van der Waals surface area contributed by atoms with Crippen LogP contribution in [0.4, 0.5) is 0 Å². The van der Waals surface area contributed by atoms with Gasteiger partial charge in [-0.05, 0) is 38.7 Å². The van der Waals surface area contributed by atoms with E-state index in [1.54, 1.807) is 0 Å². The third-order valence-corrected chi connectivity index (χ3v) is 8.61. The fourth-order valence-corrected chi connectivity index (χ4v) is 6.36. The molecule has 0 radical (unpaired) electrons. The Labute approximate surface area is 132 Å². The Morgan fingerprint density at radius 1 is 1.35 bits per heavy atom. The number of halogens is 1. The van der Waals surface area contributed by atoms with Gasteiger partial charge in [-0.3, -0.25) is 0 Å². The SMILES string of the molecule is CC1(C)C(CNS(=O)(=O)c2cc(CO)sc2Br)C1(C)C. The molecule has 0 atom stereocenters. The van der Waals surface area contributed by atoms with Crippen LogP contribution in [0.5, 0.6) is 0 Å². The summed E-state index contributed by atoms with van der Waals surface area (Å²) in [4.78, 5) is 0.840. The number of hydrogen-bond acceptors (Lipinski definition) is 4. The van der Waals surface area contributed by atoms with Crippen molar-refractivity contribution in [2.45, 2.75) is 39.2 Å². The molecule has 1 aliphatic carbocycles. The molecule has 114 valence electrons. The van der Waals surface area contributed by atoms with E-state index in [2.05, 4.69) is 48.3 Å². The Kier molecular flexibility index (Phi) is 4.15. The lowest BCUT2D eigenvalue weighted by Crippen LogP contribution is -2.27. The Bertz CT molecular complexity index is 606. The standard InChI is InChI=1S/C13H20BrNO3S2/c1-12(2)10(13(12,3)4)6-15-20(17,18)9-5-8(7-16)19-11(9)14/h5,10,15-16H,6-7H2,1-4H3. The molecule has 1 aromatic heterocycles. The van der Waals surface area contributed by atoms with Crippen LogP contribution < -0.4 is 4.72 Å². The largest absolute Gasteiger partial charge is 0.391 e. The lowest BCUT2D eigenvalue weighted by molar-refractivity contribution is 0.285. The third kappa shape index (κ3) is 2.59. The quantitative estimate of drug-likeness (QED) is 0.823. The van der Waals surface area contributed by atoms with Crippen molar-refractivity contribution < 1.29 is 13.5 Å². The Hall–Kier alpha value is 0.0500. The molecule has 1 saturated carbocycles. The van der Waals surface area contributed by atoms with E-state index in [0.29, 0.717) is 21.1 Å². The molecule has 0 unspecified atom stereocenters. The average molecular weight is 382 g/mol. The van der Waals surface area contributed by atoms with Gasteiger partial charge in [0.1, 0.15) is 4.90 Å². The highest BCUT2D eigenvalue weighted by molar-refractivity contribution is 9.11. The van der Waals surface area contributed by atoms with Gasteiger partial charge >= 0.3 is 0 Å². The molecule has 0 saturated heterocycles. The molecule has 4 nitrogen and oxygen atoms in total. The van der Waals surface area contributed by atoms with Crippen molar-refractivity contribution in [2.75, 3.05) is 6.54 Å². The molecule has 0 aromatic carbocycles. The van der Waals surface area contributed by atoms with Crippen molar-refractivity contribution in [3.63, 3.8) is 0 Å². The zero-order chi connectivity index (χ0) is 15.3. The summed E-state index contributed by atoms with van der Waals surface area (Å²) in [5, 5.41) is 9.08. The van der Waals surface area contributed by atoms with Crippen LogP contribution in [-0.4, -0.2) is 20.1 Å². The molecule has 1 heterocycles. The van der Waals surface area contributed by atoms with Gasteiger partial charge < -0.3 is 5.11 Å². The fourth-order valence-electron chi connectivity index (χ4n) is 2.77. The minimum atomic E-state index is -3.53. The third-order valence-electron chi connectivity index (χ3n) is 4.95. The lowest BCUT2D eigenvalue weighted by Gasteiger charge is -2.07. The first-order valence-corrected chi connectivity index (χ1v) is 9.52. The topological polar surface area (TPSA) is 66.4 Å². The van der Waals surface area contributed by atoms with Gasteiger partial charge in [0.05, 0.1) is 10.4 Å². The molecule has 1 fully saturated rings. The van der Waals surface area contributed by atoms with E-state index in [1.165, 1.54) is 17.4 Å². The van der Waals surface area contributed by atoms with Crippen molar-refractivity contribution in [1.82, 2.24) is 4.72 Å². The number of hydrogen-bond donors (Lipinski definition) is 2. The highest BCUT2D eigenvalue weighted by Crippen LogP contribution is 2.68. The van der Waals surface area contributed by atoms with E-state index in [-0.39, 0.29) is 22.3 Å². The first-order valence-electron chi connectivity index (χ1n) is 6.43. The number of nitrogens with one attached hydrogen (secondary N) is 1. The Morgan fingerprint density at radius 2 is 1.90 bits per heavy atom. The summed E-state index contributed by atoms with van der Waals surface area (Å²) < 4.78 is 27.9. The van der Waals surface area contributed by atoms with Crippen molar-refractivity contribution in [1.29, 1.82) is 0 Å². The number of aliphatic hydroxyl groups is 1. The smallest absolute Gasteiger partial charge is 0.242 e. The molecule has 0 aliphatic heterocycles. The molecule has 2 rings (SSSR count). The number of aliphatic hydroxyl groups excluding tert-OH is 1.